The van der Waals surface area contributed by atoms with Gasteiger partial charge in [0.05, 0.1) is 12.7 Å². The second kappa shape index (κ2) is 6.18. The third kappa shape index (κ3) is 3.19. The first kappa shape index (κ1) is 13.9. The molecule has 0 spiro atoms. The number of aromatic nitrogens is 2. The van der Waals surface area contributed by atoms with Gasteiger partial charge < -0.3 is 19.7 Å². The van der Waals surface area contributed by atoms with Crippen molar-refractivity contribution in [2.75, 3.05) is 50.1 Å². The lowest BCUT2D eigenvalue weighted by atomic mass is 10.2. The lowest BCUT2D eigenvalue weighted by Gasteiger charge is -2.28. The van der Waals surface area contributed by atoms with Gasteiger partial charge in [0, 0.05) is 40.3 Å². The molecule has 1 saturated heterocycles. The van der Waals surface area contributed by atoms with Gasteiger partial charge in [-0.15, -0.1) is 0 Å². The highest BCUT2D eigenvalue weighted by molar-refractivity contribution is 5.46. The third-order valence-electron chi connectivity index (χ3n) is 3.80. The van der Waals surface area contributed by atoms with Crippen molar-refractivity contribution < 1.29 is 0 Å². The molecule has 1 aromatic carbocycles. The van der Waals surface area contributed by atoms with E-state index in [4.69, 9.17) is 4.98 Å². The third-order valence-corrected chi connectivity index (χ3v) is 3.80. The predicted octanol–water partition coefficient (Wildman–Crippen LogP) is 1.41. The Hall–Kier alpha value is -2.01. The monoisotopic (exact) mass is 285 g/mol. The summed E-state index contributed by atoms with van der Waals surface area (Å²) >= 11 is 0. The minimum atomic E-state index is 0.862. The molecule has 0 radical (unpaired) electrons. The van der Waals surface area contributed by atoms with Crippen LogP contribution < -0.4 is 15.1 Å². The molecule has 5 nitrogen and oxygen atoms in total. The van der Waals surface area contributed by atoms with Crippen molar-refractivity contribution in [3.63, 3.8) is 0 Å². The van der Waals surface area contributed by atoms with E-state index in [1.54, 1.807) is 0 Å². The molecule has 1 aliphatic heterocycles. The summed E-state index contributed by atoms with van der Waals surface area (Å²) in [7, 11) is 4.08. The normalized spacial score (nSPS) is 15.2. The molecule has 0 aliphatic carbocycles. The Labute approximate surface area is 126 Å². The molecule has 1 fully saturated rings. The zero-order valence-electron chi connectivity index (χ0n) is 12.8. The number of hydrogen-bond donors (Lipinski definition) is 1. The fourth-order valence-corrected chi connectivity index (χ4v) is 2.62. The summed E-state index contributed by atoms with van der Waals surface area (Å²) in [5.74, 6) is 2.09. The van der Waals surface area contributed by atoms with Gasteiger partial charge in [0.2, 0.25) is 5.95 Å². The van der Waals surface area contributed by atoms with Crippen LogP contribution >= 0.6 is 0 Å². The first-order valence-electron chi connectivity index (χ1n) is 7.48. The first-order chi connectivity index (χ1) is 10.2. The molecule has 1 aromatic heterocycles. The standard InChI is InChI=1S/C16H23N5/c1-19(2)15-13-21(12-14-6-4-3-5-7-14)16(18-15)20-10-8-17-9-11-20/h3-7,13,17H,8-12H2,1-2H3. The highest BCUT2D eigenvalue weighted by Gasteiger charge is 2.18. The average molecular weight is 285 g/mol. The fraction of sp³-hybridized carbons (Fsp3) is 0.438. The van der Waals surface area contributed by atoms with Gasteiger partial charge in [-0.25, -0.2) is 0 Å². The van der Waals surface area contributed by atoms with Crippen molar-refractivity contribution in [1.29, 1.82) is 0 Å². The molecule has 1 N–H and O–H groups in total. The van der Waals surface area contributed by atoms with E-state index in [0.717, 1.165) is 44.5 Å². The molecular formula is C16H23N5. The van der Waals surface area contributed by atoms with E-state index in [9.17, 15) is 0 Å². The maximum Gasteiger partial charge on any atom is 0.207 e. The molecule has 2 aromatic rings. The number of imidazole rings is 1. The quantitative estimate of drug-likeness (QED) is 0.921. The van der Waals surface area contributed by atoms with Crippen LogP contribution in [0.15, 0.2) is 36.5 Å². The van der Waals surface area contributed by atoms with Crippen LogP contribution in [0.3, 0.4) is 0 Å². The molecule has 0 amide bonds. The van der Waals surface area contributed by atoms with Crippen LogP contribution in [0.25, 0.3) is 0 Å². The zero-order valence-corrected chi connectivity index (χ0v) is 12.8. The largest absolute Gasteiger partial charge is 0.361 e. The summed E-state index contributed by atoms with van der Waals surface area (Å²) in [5, 5.41) is 3.39. The number of nitrogens with zero attached hydrogens (tertiary/aromatic N) is 4. The maximum absolute atomic E-state index is 4.82. The number of hydrogen-bond acceptors (Lipinski definition) is 4. The van der Waals surface area contributed by atoms with Gasteiger partial charge in [-0.3, -0.25) is 0 Å². The van der Waals surface area contributed by atoms with Crippen LogP contribution in [0.4, 0.5) is 11.8 Å². The van der Waals surface area contributed by atoms with Crippen molar-refractivity contribution in [3.05, 3.63) is 42.1 Å². The van der Waals surface area contributed by atoms with Crippen LogP contribution in [-0.4, -0.2) is 49.8 Å². The van der Waals surface area contributed by atoms with E-state index in [1.165, 1.54) is 5.56 Å². The summed E-state index contributed by atoms with van der Waals surface area (Å²) in [6, 6.07) is 10.6. The lowest BCUT2D eigenvalue weighted by Crippen LogP contribution is -2.44. The Morgan fingerprint density at radius 2 is 1.86 bits per heavy atom. The van der Waals surface area contributed by atoms with Gasteiger partial charge >= 0.3 is 0 Å². The molecule has 2 heterocycles. The Kier molecular flexibility index (Phi) is 4.10. The highest BCUT2D eigenvalue weighted by atomic mass is 15.4. The molecule has 0 saturated carbocycles. The zero-order chi connectivity index (χ0) is 14.7. The van der Waals surface area contributed by atoms with Crippen LogP contribution in [0.1, 0.15) is 5.56 Å². The van der Waals surface area contributed by atoms with Crippen molar-refractivity contribution >= 4 is 11.8 Å². The predicted molar refractivity (Wildman–Crippen MR) is 87.2 cm³/mol. The van der Waals surface area contributed by atoms with Gasteiger partial charge in [-0.1, -0.05) is 30.3 Å². The summed E-state index contributed by atoms with van der Waals surface area (Å²) in [4.78, 5) is 9.25. The van der Waals surface area contributed by atoms with Gasteiger partial charge in [-0.05, 0) is 5.56 Å². The van der Waals surface area contributed by atoms with Crippen LogP contribution in [-0.2, 0) is 6.54 Å². The van der Waals surface area contributed by atoms with Gasteiger partial charge in [-0.2, -0.15) is 4.98 Å². The van der Waals surface area contributed by atoms with Crippen LogP contribution in [0, 0.1) is 0 Å². The summed E-state index contributed by atoms with van der Waals surface area (Å²) in [6.07, 6.45) is 2.14. The van der Waals surface area contributed by atoms with E-state index in [0.29, 0.717) is 0 Å². The maximum atomic E-state index is 4.82. The second-order valence-corrected chi connectivity index (χ2v) is 5.64. The fourth-order valence-electron chi connectivity index (χ4n) is 2.62. The minimum Gasteiger partial charge on any atom is -0.361 e. The van der Waals surface area contributed by atoms with Crippen LogP contribution in [0.2, 0.25) is 0 Å². The molecule has 0 bridgehead atoms. The Balaban J connectivity index is 1.89. The Bertz CT molecular complexity index is 570. The van der Waals surface area contributed by atoms with Crippen molar-refractivity contribution in [1.82, 2.24) is 14.9 Å². The van der Waals surface area contributed by atoms with E-state index in [-0.39, 0.29) is 0 Å². The second-order valence-electron chi connectivity index (χ2n) is 5.64. The van der Waals surface area contributed by atoms with Crippen molar-refractivity contribution in [2.45, 2.75) is 6.54 Å². The summed E-state index contributed by atoms with van der Waals surface area (Å²) in [5.41, 5.74) is 1.30. The van der Waals surface area contributed by atoms with Gasteiger partial charge in [0.15, 0.2) is 0 Å². The Morgan fingerprint density at radius 3 is 2.52 bits per heavy atom. The van der Waals surface area contributed by atoms with Crippen LogP contribution in [0.5, 0.6) is 0 Å². The molecule has 0 unspecified atom stereocenters. The topological polar surface area (TPSA) is 36.3 Å². The number of piperazine rings is 1. The van der Waals surface area contributed by atoms with Gasteiger partial charge in [0.25, 0.3) is 0 Å². The van der Waals surface area contributed by atoms with E-state index in [1.807, 2.05) is 14.1 Å². The average Bonchev–Trinajstić information content (AvgIpc) is 2.93. The van der Waals surface area contributed by atoms with Crippen molar-refractivity contribution in [2.24, 2.45) is 0 Å². The van der Waals surface area contributed by atoms with E-state index in [2.05, 4.69) is 56.2 Å². The van der Waals surface area contributed by atoms with E-state index < -0.39 is 0 Å². The number of rotatable bonds is 4. The van der Waals surface area contributed by atoms with E-state index >= 15 is 0 Å². The number of benzene rings is 1. The summed E-state index contributed by atoms with van der Waals surface area (Å²) < 4.78 is 2.26. The Morgan fingerprint density at radius 1 is 1.14 bits per heavy atom. The van der Waals surface area contributed by atoms with Crippen molar-refractivity contribution in [3.8, 4) is 0 Å². The molecule has 21 heavy (non-hydrogen) atoms. The molecule has 3 rings (SSSR count). The first-order valence-corrected chi connectivity index (χ1v) is 7.48. The SMILES string of the molecule is CN(C)c1cn(Cc2ccccc2)c(N2CCNCC2)n1. The number of anilines is 2. The van der Waals surface area contributed by atoms with Gasteiger partial charge in [0.1, 0.15) is 5.82 Å². The smallest absolute Gasteiger partial charge is 0.207 e. The molecule has 112 valence electrons. The summed E-state index contributed by atoms with van der Waals surface area (Å²) in [6.45, 7) is 4.93. The molecule has 1 aliphatic rings. The molecule has 5 heteroatoms. The minimum absolute atomic E-state index is 0.862. The molecular weight excluding hydrogens is 262 g/mol. The highest BCUT2D eigenvalue weighted by Crippen LogP contribution is 2.21. The molecule has 0 atom stereocenters. The number of nitrogens with one attached hydrogen (secondary N) is 1. The lowest BCUT2D eigenvalue weighted by molar-refractivity contribution is 0.570.